The predicted molar refractivity (Wildman–Crippen MR) is 106 cm³/mol. The van der Waals surface area contributed by atoms with Gasteiger partial charge in [-0.3, -0.25) is 0 Å². The maximum atomic E-state index is 2.63. The first-order valence-electron chi connectivity index (χ1n) is 10.6. The molecule has 0 spiro atoms. The van der Waals surface area contributed by atoms with E-state index in [-0.39, 0.29) is 5.41 Å². The molecule has 0 amide bonds. The molecule has 0 heterocycles. The third-order valence-electron chi connectivity index (χ3n) is 8.88. The van der Waals surface area contributed by atoms with Gasteiger partial charge in [0.05, 0.1) is 0 Å². The van der Waals surface area contributed by atoms with Gasteiger partial charge in [0, 0.05) is 5.41 Å². The van der Waals surface area contributed by atoms with Gasteiger partial charge in [-0.2, -0.15) is 0 Å². The quantitative estimate of drug-likeness (QED) is 0.503. The molecular weight excluding hydrogens is 300 g/mol. The number of allylic oxidation sites excluding steroid dienone is 8. The van der Waals surface area contributed by atoms with Crippen LogP contribution in [-0.2, 0) is 0 Å². The second kappa shape index (κ2) is 5.02. The van der Waals surface area contributed by atoms with E-state index >= 15 is 0 Å². The van der Waals surface area contributed by atoms with Crippen molar-refractivity contribution in [1.29, 1.82) is 0 Å². The molecule has 0 aromatic carbocycles. The molecule has 25 heavy (non-hydrogen) atoms. The fraction of sp³-hybridized carbons (Fsp3) is 0.680. The fourth-order valence-corrected chi connectivity index (χ4v) is 7.83. The van der Waals surface area contributed by atoms with E-state index in [1.54, 1.807) is 27.9 Å². The van der Waals surface area contributed by atoms with Crippen molar-refractivity contribution in [3.05, 3.63) is 45.6 Å². The van der Waals surface area contributed by atoms with Crippen molar-refractivity contribution in [2.75, 3.05) is 0 Å². The molecule has 0 aromatic heterocycles. The van der Waals surface area contributed by atoms with E-state index in [4.69, 9.17) is 0 Å². The number of hydrogen-bond donors (Lipinski definition) is 0. The van der Waals surface area contributed by atoms with Crippen LogP contribution in [-0.4, -0.2) is 0 Å². The summed E-state index contributed by atoms with van der Waals surface area (Å²) in [5.41, 5.74) is 10.5. The standard InChI is InChI=1S/C25H34/c1-15-16(2)23(24(4,5)17(15)3)21-7-6-8-22(21)25-12-18-9-19(13-25)11-20(10-18)14-25/h7-8,18-20H,6,9-14H2,1-5H3. The molecule has 4 fully saturated rings. The maximum absolute atomic E-state index is 2.63. The first-order valence-corrected chi connectivity index (χ1v) is 10.6. The van der Waals surface area contributed by atoms with Gasteiger partial charge in [0.2, 0.25) is 0 Å². The minimum Gasteiger partial charge on any atom is -0.0763 e. The van der Waals surface area contributed by atoms with Crippen LogP contribution in [0.15, 0.2) is 45.6 Å². The van der Waals surface area contributed by atoms with E-state index < -0.39 is 0 Å². The molecule has 0 saturated heterocycles. The third-order valence-corrected chi connectivity index (χ3v) is 8.88. The lowest BCUT2D eigenvalue weighted by Gasteiger charge is -2.58. The summed E-state index contributed by atoms with van der Waals surface area (Å²) in [5, 5.41) is 0. The Morgan fingerprint density at radius 1 is 0.800 bits per heavy atom. The van der Waals surface area contributed by atoms with Crippen LogP contribution in [0.4, 0.5) is 0 Å². The molecule has 0 aromatic rings. The minimum atomic E-state index is 0.200. The Labute approximate surface area is 154 Å². The molecule has 4 saturated carbocycles. The van der Waals surface area contributed by atoms with Gasteiger partial charge in [0.15, 0.2) is 0 Å². The summed E-state index contributed by atoms with van der Waals surface area (Å²) in [5.74, 6) is 3.09. The monoisotopic (exact) mass is 334 g/mol. The van der Waals surface area contributed by atoms with Gasteiger partial charge in [0.25, 0.3) is 0 Å². The van der Waals surface area contributed by atoms with Gasteiger partial charge in [-0.15, -0.1) is 0 Å². The lowest BCUT2D eigenvalue weighted by atomic mass is 9.47. The molecule has 6 aliphatic rings. The van der Waals surface area contributed by atoms with Crippen LogP contribution in [0.5, 0.6) is 0 Å². The summed E-state index contributed by atoms with van der Waals surface area (Å²) in [6, 6.07) is 0. The van der Waals surface area contributed by atoms with E-state index in [9.17, 15) is 0 Å². The van der Waals surface area contributed by atoms with E-state index in [2.05, 4.69) is 46.8 Å². The molecule has 0 aliphatic heterocycles. The van der Waals surface area contributed by atoms with Gasteiger partial charge < -0.3 is 0 Å². The SMILES string of the molecule is CC1=C(C)C(C)(C)C(C2=CCC=C2C23CC4CC(CC(C4)C2)C3)=C1C. The zero-order valence-corrected chi connectivity index (χ0v) is 16.8. The van der Waals surface area contributed by atoms with Crippen molar-refractivity contribution in [3.8, 4) is 0 Å². The second-order valence-electron chi connectivity index (χ2n) is 10.5. The molecule has 6 aliphatic carbocycles. The van der Waals surface area contributed by atoms with Crippen LogP contribution in [0.3, 0.4) is 0 Å². The highest BCUT2D eigenvalue weighted by Gasteiger charge is 2.54. The van der Waals surface area contributed by atoms with Gasteiger partial charge in [-0.25, -0.2) is 0 Å². The zero-order chi connectivity index (χ0) is 17.6. The lowest BCUT2D eigenvalue weighted by Crippen LogP contribution is -2.47. The first-order chi connectivity index (χ1) is 11.8. The predicted octanol–water partition coefficient (Wildman–Crippen LogP) is 7.15. The molecular formula is C25H34. The highest BCUT2D eigenvalue weighted by Crippen LogP contribution is 2.66. The highest BCUT2D eigenvalue weighted by molar-refractivity contribution is 5.65. The highest BCUT2D eigenvalue weighted by atomic mass is 14.6. The van der Waals surface area contributed by atoms with Crippen LogP contribution >= 0.6 is 0 Å². The Kier molecular flexibility index (Phi) is 3.24. The van der Waals surface area contributed by atoms with Crippen LogP contribution in [0, 0.1) is 28.6 Å². The fourth-order valence-electron chi connectivity index (χ4n) is 7.83. The summed E-state index contributed by atoms with van der Waals surface area (Å²) in [7, 11) is 0. The van der Waals surface area contributed by atoms with E-state index in [0.29, 0.717) is 5.41 Å². The average Bonchev–Trinajstić information content (AvgIpc) is 3.06. The van der Waals surface area contributed by atoms with Crippen LogP contribution < -0.4 is 0 Å². The third kappa shape index (κ3) is 2.06. The van der Waals surface area contributed by atoms with Gasteiger partial charge in [0.1, 0.15) is 0 Å². The van der Waals surface area contributed by atoms with Gasteiger partial charge >= 0.3 is 0 Å². The Morgan fingerprint density at radius 3 is 1.84 bits per heavy atom. The number of rotatable bonds is 2. The van der Waals surface area contributed by atoms with Crippen molar-refractivity contribution in [3.63, 3.8) is 0 Å². The Balaban J connectivity index is 1.56. The molecule has 0 N–H and O–H groups in total. The molecule has 0 atom stereocenters. The molecule has 134 valence electrons. The molecule has 0 radical (unpaired) electrons. The second-order valence-corrected chi connectivity index (χ2v) is 10.5. The van der Waals surface area contributed by atoms with Crippen LogP contribution in [0.2, 0.25) is 0 Å². The Morgan fingerprint density at radius 2 is 1.36 bits per heavy atom. The van der Waals surface area contributed by atoms with Crippen LogP contribution in [0.25, 0.3) is 0 Å². The Hall–Kier alpha value is -1.04. The maximum Gasteiger partial charge on any atom is 0.0117 e. The molecule has 0 unspecified atom stereocenters. The van der Waals surface area contributed by atoms with Gasteiger partial charge in [-0.05, 0) is 117 Å². The van der Waals surface area contributed by atoms with Crippen LogP contribution in [0.1, 0.15) is 79.6 Å². The zero-order valence-electron chi connectivity index (χ0n) is 16.8. The summed E-state index contributed by atoms with van der Waals surface area (Å²) in [4.78, 5) is 0. The van der Waals surface area contributed by atoms with Crippen molar-refractivity contribution < 1.29 is 0 Å². The molecule has 4 bridgehead atoms. The largest absolute Gasteiger partial charge is 0.0763 e. The van der Waals surface area contributed by atoms with Gasteiger partial charge in [-0.1, -0.05) is 31.6 Å². The lowest BCUT2D eigenvalue weighted by molar-refractivity contribution is -0.0290. The summed E-state index contributed by atoms with van der Waals surface area (Å²) < 4.78 is 0. The normalized spacial score (nSPS) is 41.7. The summed E-state index contributed by atoms with van der Waals surface area (Å²) in [6.07, 6.45) is 15.4. The van der Waals surface area contributed by atoms with Crippen molar-refractivity contribution in [1.82, 2.24) is 0 Å². The van der Waals surface area contributed by atoms with E-state index in [1.807, 2.05) is 0 Å². The summed E-state index contributed by atoms with van der Waals surface area (Å²) >= 11 is 0. The molecule has 0 heteroatoms. The molecule has 6 rings (SSSR count). The Bertz CT molecular complexity index is 727. The molecule has 0 nitrogen and oxygen atoms in total. The van der Waals surface area contributed by atoms with Crippen molar-refractivity contribution in [2.45, 2.75) is 79.6 Å². The van der Waals surface area contributed by atoms with Crippen molar-refractivity contribution >= 4 is 0 Å². The smallest absolute Gasteiger partial charge is 0.0117 e. The summed E-state index contributed by atoms with van der Waals surface area (Å²) in [6.45, 7) is 12.0. The van der Waals surface area contributed by atoms with Crippen molar-refractivity contribution in [2.24, 2.45) is 28.6 Å². The van der Waals surface area contributed by atoms with E-state index in [1.165, 1.54) is 44.1 Å². The topological polar surface area (TPSA) is 0 Å². The first kappa shape index (κ1) is 16.2. The van der Waals surface area contributed by atoms with E-state index in [0.717, 1.165) is 24.2 Å². The number of hydrogen-bond acceptors (Lipinski definition) is 0. The minimum absolute atomic E-state index is 0.200. The average molecular weight is 335 g/mol.